The molecule has 0 bridgehead atoms. The summed E-state index contributed by atoms with van der Waals surface area (Å²) >= 11 is 3.45. The second-order valence-electron chi connectivity index (χ2n) is 5.55. The van der Waals surface area contributed by atoms with Gasteiger partial charge >= 0.3 is 5.97 Å². The first-order valence-corrected chi connectivity index (χ1v) is 8.85. The zero-order valence-electron chi connectivity index (χ0n) is 14.1. The van der Waals surface area contributed by atoms with Crippen molar-refractivity contribution in [3.05, 3.63) is 69.7 Å². The number of para-hydroxylation sites is 1. The molecule has 1 aromatic heterocycles. The van der Waals surface area contributed by atoms with Gasteiger partial charge in [0.05, 0.1) is 25.9 Å². The fraction of sp³-hybridized carbons (Fsp3) is 0.200. The minimum Gasteiger partial charge on any atom is -0.499 e. The summed E-state index contributed by atoms with van der Waals surface area (Å²) in [6, 6.07) is 10.9. The minimum atomic E-state index is -0.350. The number of hydrogen-bond acceptors (Lipinski definition) is 4. The largest absolute Gasteiger partial charge is 0.499 e. The molecule has 3 rings (SSSR count). The number of furan rings is 1. The number of esters is 1. The molecule has 132 valence electrons. The highest BCUT2D eigenvalue weighted by atomic mass is 79.9. The second-order valence-corrected chi connectivity index (χ2v) is 6.46. The standard InChI is InChI=1S/C20H16BrNO4/c1-3-24-19(23)9-13-5-4-6-17(22-2)20(13)26-12-14-11-25-18-8-7-15(21)10-16(14)18/h4-8,10-11H,3,9,12H2,1H3. The van der Waals surface area contributed by atoms with E-state index in [9.17, 15) is 4.79 Å². The average molecular weight is 414 g/mol. The average Bonchev–Trinajstić information content (AvgIpc) is 3.02. The number of hydrogen-bond donors (Lipinski definition) is 0. The van der Waals surface area contributed by atoms with Crippen molar-refractivity contribution in [2.75, 3.05) is 6.61 Å². The summed E-state index contributed by atoms with van der Waals surface area (Å²) in [5.74, 6) is 0.0528. The summed E-state index contributed by atoms with van der Waals surface area (Å²) in [4.78, 5) is 15.3. The number of fused-ring (bicyclic) bond motifs is 1. The number of benzene rings is 2. The van der Waals surface area contributed by atoms with Crippen LogP contribution in [0.5, 0.6) is 5.75 Å². The third-order valence-corrected chi connectivity index (χ3v) is 4.32. The van der Waals surface area contributed by atoms with E-state index in [1.54, 1.807) is 31.4 Å². The lowest BCUT2D eigenvalue weighted by molar-refractivity contribution is -0.142. The van der Waals surface area contributed by atoms with Crippen molar-refractivity contribution in [1.29, 1.82) is 0 Å². The van der Waals surface area contributed by atoms with Crippen LogP contribution in [-0.4, -0.2) is 12.6 Å². The van der Waals surface area contributed by atoms with Crippen molar-refractivity contribution in [1.82, 2.24) is 0 Å². The molecule has 0 aliphatic heterocycles. The summed E-state index contributed by atoms with van der Waals surface area (Å²) < 4.78 is 17.4. The molecule has 26 heavy (non-hydrogen) atoms. The summed E-state index contributed by atoms with van der Waals surface area (Å²) in [7, 11) is 0. The second kappa shape index (κ2) is 8.07. The molecule has 0 atom stereocenters. The topological polar surface area (TPSA) is 53.0 Å². The molecule has 5 nitrogen and oxygen atoms in total. The molecule has 0 N–H and O–H groups in total. The van der Waals surface area contributed by atoms with Gasteiger partial charge in [-0.2, -0.15) is 0 Å². The number of carbonyl (C=O) groups excluding carboxylic acids is 1. The normalized spacial score (nSPS) is 10.5. The van der Waals surface area contributed by atoms with Crippen LogP contribution in [-0.2, 0) is 22.6 Å². The molecule has 0 fully saturated rings. The van der Waals surface area contributed by atoms with E-state index >= 15 is 0 Å². The molecule has 0 amide bonds. The van der Waals surface area contributed by atoms with Crippen LogP contribution in [0.25, 0.3) is 15.8 Å². The van der Waals surface area contributed by atoms with E-state index in [0.717, 1.165) is 21.0 Å². The van der Waals surface area contributed by atoms with Crippen LogP contribution in [0.1, 0.15) is 18.1 Å². The Labute approximate surface area is 159 Å². The minimum absolute atomic E-state index is 0.0597. The lowest BCUT2D eigenvalue weighted by Gasteiger charge is -2.12. The van der Waals surface area contributed by atoms with Gasteiger partial charge in [0.1, 0.15) is 17.9 Å². The first-order chi connectivity index (χ1) is 12.6. The Bertz CT molecular complexity index is 987. The van der Waals surface area contributed by atoms with E-state index in [1.165, 1.54) is 0 Å². The molecule has 0 saturated carbocycles. The van der Waals surface area contributed by atoms with E-state index in [0.29, 0.717) is 23.6 Å². The number of ether oxygens (including phenoxy) is 2. The molecule has 1 heterocycles. The van der Waals surface area contributed by atoms with Crippen LogP contribution in [0.2, 0.25) is 0 Å². The summed E-state index contributed by atoms with van der Waals surface area (Å²) in [5, 5.41) is 0.937. The van der Waals surface area contributed by atoms with Gasteiger partial charge in [-0.15, -0.1) is 0 Å². The van der Waals surface area contributed by atoms with Gasteiger partial charge in [-0.05, 0) is 30.7 Å². The Morgan fingerprint density at radius 2 is 2.12 bits per heavy atom. The highest BCUT2D eigenvalue weighted by molar-refractivity contribution is 9.10. The van der Waals surface area contributed by atoms with Gasteiger partial charge < -0.3 is 13.9 Å². The molecule has 0 unspecified atom stereocenters. The lowest BCUT2D eigenvalue weighted by atomic mass is 10.1. The van der Waals surface area contributed by atoms with Crippen LogP contribution in [0.4, 0.5) is 5.69 Å². The maximum atomic E-state index is 11.8. The molecule has 6 heteroatoms. The third kappa shape index (κ3) is 3.89. The summed E-state index contributed by atoms with van der Waals surface area (Å²) in [6.07, 6.45) is 1.70. The Hall–Kier alpha value is -2.78. The molecule has 0 saturated heterocycles. The lowest BCUT2D eigenvalue weighted by Crippen LogP contribution is -2.09. The monoisotopic (exact) mass is 413 g/mol. The van der Waals surface area contributed by atoms with Crippen molar-refractivity contribution >= 4 is 38.6 Å². The van der Waals surface area contributed by atoms with Gasteiger partial charge in [-0.3, -0.25) is 4.79 Å². The maximum absolute atomic E-state index is 11.8. The Kier molecular flexibility index (Phi) is 5.59. The smallest absolute Gasteiger partial charge is 0.310 e. The molecular weight excluding hydrogens is 398 g/mol. The molecule has 2 aromatic carbocycles. The number of halogens is 1. The first-order valence-electron chi connectivity index (χ1n) is 8.05. The van der Waals surface area contributed by atoms with Crippen LogP contribution in [0.3, 0.4) is 0 Å². The van der Waals surface area contributed by atoms with E-state index in [-0.39, 0.29) is 19.0 Å². The fourth-order valence-corrected chi connectivity index (χ4v) is 3.01. The molecule has 3 aromatic rings. The SMILES string of the molecule is [C-]#[N+]c1cccc(CC(=O)OCC)c1OCc1coc2ccc(Br)cc12. The predicted octanol–water partition coefficient (Wildman–Crippen LogP) is 5.43. The summed E-state index contributed by atoms with van der Waals surface area (Å²) in [6.45, 7) is 9.66. The number of rotatable bonds is 6. The van der Waals surface area contributed by atoms with E-state index in [1.807, 2.05) is 18.2 Å². The van der Waals surface area contributed by atoms with Crippen LogP contribution >= 0.6 is 15.9 Å². The van der Waals surface area contributed by atoms with Crippen molar-refractivity contribution in [2.24, 2.45) is 0 Å². The quantitative estimate of drug-likeness (QED) is 0.399. The van der Waals surface area contributed by atoms with E-state index in [2.05, 4.69) is 20.8 Å². The molecule has 0 spiro atoms. The Balaban J connectivity index is 1.87. The molecule has 0 aliphatic carbocycles. The Morgan fingerprint density at radius 1 is 1.27 bits per heavy atom. The van der Waals surface area contributed by atoms with Gasteiger partial charge in [-0.1, -0.05) is 34.1 Å². The van der Waals surface area contributed by atoms with Crippen molar-refractivity contribution < 1.29 is 18.7 Å². The summed E-state index contributed by atoms with van der Waals surface area (Å²) in [5.41, 5.74) is 2.62. The molecular formula is C20H16BrNO4. The molecule has 0 radical (unpaired) electrons. The van der Waals surface area contributed by atoms with Crippen molar-refractivity contribution in [3.8, 4) is 5.75 Å². The molecule has 0 aliphatic rings. The van der Waals surface area contributed by atoms with Crippen LogP contribution in [0.15, 0.2) is 51.6 Å². The van der Waals surface area contributed by atoms with Gasteiger partial charge in [0.2, 0.25) is 5.69 Å². The van der Waals surface area contributed by atoms with Crippen molar-refractivity contribution in [3.63, 3.8) is 0 Å². The number of carbonyl (C=O) groups is 1. The highest BCUT2D eigenvalue weighted by Gasteiger charge is 2.15. The van der Waals surface area contributed by atoms with Gasteiger partial charge in [0, 0.05) is 15.4 Å². The fourth-order valence-electron chi connectivity index (χ4n) is 2.65. The van der Waals surface area contributed by atoms with Gasteiger partial charge in [0.25, 0.3) is 0 Å². The zero-order valence-corrected chi connectivity index (χ0v) is 15.7. The third-order valence-electron chi connectivity index (χ3n) is 3.82. The van der Waals surface area contributed by atoms with Crippen LogP contribution in [0, 0.1) is 6.57 Å². The highest BCUT2D eigenvalue weighted by Crippen LogP contribution is 2.34. The zero-order chi connectivity index (χ0) is 18.5. The number of nitrogens with zero attached hydrogens (tertiary/aromatic N) is 1. The first kappa shape index (κ1) is 18.0. The predicted molar refractivity (Wildman–Crippen MR) is 101 cm³/mol. The van der Waals surface area contributed by atoms with E-state index in [4.69, 9.17) is 20.5 Å². The van der Waals surface area contributed by atoms with Gasteiger partial charge in [-0.25, -0.2) is 4.85 Å². The van der Waals surface area contributed by atoms with E-state index < -0.39 is 0 Å². The van der Waals surface area contributed by atoms with Crippen molar-refractivity contribution in [2.45, 2.75) is 20.0 Å². The Morgan fingerprint density at radius 3 is 2.88 bits per heavy atom. The maximum Gasteiger partial charge on any atom is 0.310 e. The van der Waals surface area contributed by atoms with Gasteiger partial charge in [0.15, 0.2) is 0 Å². The van der Waals surface area contributed by atoms with Crippen LogP contribution < -0.4 is 4.74 Å².